The van der Waals surface area contributed by atoms with Crippen LogP contribution in [0.1, 0.15) is 10.4 Å². The highest BCUT2D eigenvalue weighted by molar-refractivity contribution is 7.92. The number of carbonyl (C=O) groups is 1. The van der Waals surface area contributed by atoms with Crippen molar-refractivity contribution in [3.63, 3.8) is 0 Å². The van der Waals surface area contributed by atoms with E-state index >= 15 is 0 Å². The van der Waals surface area contributed by atoms with Gasteiger partial charge in [-0.1, -0.05) is 0 Å². The van der Waals surface area contributed by atoms with Crippen molar-refractivity contribution in [2.24, 2.45) is 0 Å². The molecule has 2 aromatic heterocycles. The van der Waals surface area contributed by atoms with Crippen LogP contribution in [0, 0.1) is 6.92 Å². The van der Waals surface area contributed by atoms with E-state index in [1.165, 1.54) is 6.07 Å². The third-order valence-electron chi connectivity index (χ3n) is 5.49. The minimum absolute atomic E-state index is 0.0662. The largest absolute Gasteiger partial charge is 0.388 e. The van der Waals surface area contributed by atoms with Crippen LogP contribution < -0.4 is 20.9 Å². The third kappa shape index (κ3) is 5.43. The molecule has 36 heavy (non-hydrogen) atoms. The number of aryl methyl sites for hydroxylation is 1. The van der Waals surface area contributed by atoms with Gasteiger partial charge in [-0.05, 0) is 86.6 Å². The lowest BCUT2D eigenvalue weighted by Crippen LogP contribution is -2.33. The Hall–Kier alpha value is -3.67. The van der Waals surface area contributed by atoms with E-state index in [-0.39, 0.29) is 9.77 Å². The summed E-state index contributed by atoms with van der Waals surface area (Å²) in [6, 6.07) is 14.5. The highest BCUT2D eigenvalue weighted by Crippen LogP contribution is 2.23. The van der Waals surface area contributed by atoms with Crippen molar-refractivity contribution in [2.45, 2.75) is 17.7 Å². The molecular weight excluding hydrogens is 498 g/mol. The first-order chi connectivity index (χ1) is 17.1. The molecule has 0 spiro atoms. The van der Waals surface area contributed by atoms with Gasteiger partial charge in [0.05, 0.1) is 0 Å². The number of aromatic nitrogens is 1. The highest BCUT2D eigenvalue weighted by atomic mass is 32.2. The number of sulfonamides is 1. The molecule has 2 aromatic carbocycles. The molecule has 11 heteroatoms. The fourth-order valence-electron chi connectivity index (χ4n) is 3.82. The monoisotopic (exact) mass is 525 g/mol. The summed E-state index contributed by atoms with van der Waals surface area (Å²) in [4.78, 5) is 28.5. The zero-order valence-electron chi connectivity index (χ0n) is 20.3. The summed E-state index contributed by atoms with van der Waals surface area (Å²) in [5, 5.41) is 7.12. The van der Waals surface area contributed by atoms with Crippen LogP contribution >= 0.6 is 11.3 Å². The van der Waals surface area contributed by atoms with Gasteiger partial charge in [-0.15, -0.1) is 11.3 Å². The number of anilines is 2. The number of amides is 2. The quantitative estimate of drug-likeness (QED) is 0.337. The van der Waals surface area contributed by atoms with Gasteiger partial charge in [0.2, 0.25) is 0 Å². The van der Waals surface area contributed by atoms with Crippen LogP contribution in [0.15, 0.2) is 69.8 Å². The Morgan fingerprint density at radius 1 is 1.00 bits per heavy atom. The number of nitrogens with zero attached hydrogens (tertiary/aromatic N) is 2. The molecule has 0 atom stereocenters. The number of pyridine rings is 1. The van der Waals surface area contributed by atoms with Gasteiger partial charge in [0.25, 0.3) is 15.6 Å². The number of urea groups is 1. The molecule has 9 nitrogen and oxygen atoms in total. The second kappa shape index (κ2) is 10.1. The molecule has 2 heterocycles. The molecule has 0 bridgehead atoms. The van der Waals surface area contributed by atoms with Crippen molar-refractivity contribution in [1.82, 2.24) is 14.2 Å². The van der Waals surface area contributed by atoms with Crippen molar-refractivity contribution >= 4 is 49.5 Å². The van der Waals surface area contributed by atoms with E-state index in [2.05, 4.69) is 10.6 Å². The molecule has 0 saturated carbocycles. The molecular formula is C25H27N5O4S2. The van der Waals surface area contributed by atoms with Crippen molar-refractivity contribution in [3.8, 4) is 5.69 Å². The first-order valence-electron chi connectivity index (χ1n) is 11.1. The molecule has 0 unspecified atom stereocenters. The van der Waals surface area contributed by atoms with Gasteiger partial charge in [-0.25, -0.2) is 17.9 Å². The number of carbonyl (C=O) groups excluding carboxylic acids is 1. The Morgan fingerprint density at radius 3 is 2.31 bits per heavy atom. The maximum Gasteiger partial charge on any atom is 0.333 e. The Labute approximate surface area is 213 Å². The predicted molar refractivity (Wildman–Crippen MR) is 145 cm³/mol. The van der Waals surface area contributed by atoms with Gasteiger partial charge in [0.15, 0.2) is 0 Å². The Morgan fingerprint density at radius 2 is 1.69 bits per heavy atom. The van der Waals surface area contributed by atoms with E-state index in [1.54, 1.807) is 41.8 Å². The first-order valence-corrected chi connectivity index (χ1v) is 13.4. The summed E-state index contributed by atoms with van der Waals surface area (Å²) < 4.78 is 28.4. The van der Waals surface area contributed by atoms with Crippen molar-refractivity contribution in [1.29, 1.82) is 0 Å². The maximum absolute atomic E-state index is 13.3. The van der Waals surface area contributed by atoms with Gasteiger partial charge < -0.3 is 15.5 Å². The van der Waals surface area contributed by atoms with Gasteiger partial charge in [-0.2, -0.15) is 0 Å². The minimum atomic E-state index is -3.95. The average Bonchev–Trinajstić information content (AvgIpc) is 3.28. The van der Waals surface area contributed by atoms with Crippen LogP contribution in [-0.2, 0) is 16.6 Å². The number of nitrogens with one attached hydrogen (secondary N) is 3. The van der Waals surface area contributed by atoms with Crippen molar-refractivity contribution in [2.75, 3.05) is 31.8 Å². The van der Waals surface area contributed by atoms with Gasteiger partial charge in [-0.3, -0.25) is 9.36 Å². The van der Waals surface area contributed by atoms with Gasteiger partial charge >= 0.3 is 6.03 Å². The second-order valence-corrected chi connectivity index (χ2v) is 11.7. The van der Waals surface area contributed by atoms with Crippen LogP contribution in [0.2, 0.25) is 0 Å². The van der Waals surface area contributed by atoms with E-state index in [4.69, 9.17) is 0 Å². The van der Waals surface area contributed by atoms with E-state index in [0.29, 0.717) is 23.3 Å². The third-order valence-corrected chi connectivity index (χ3v) is 8.31. The number of rotatable bonds is 7. The van der Waals surface area contributed by atoms with Crippen LogP contribution in [-0.4, -0.2) is 45.1 Å². The summed E-state index contributed by atoms with van der Waals surface area (Å²) >= 11 is 1.08. The highest BCUT2D eigenvalue weighted by Gasteiger charge is 2.19. The number of thiophene rings is 1. The number of hydrogen-bond acceptors (Lipinski definition) is 7. The van der Waals surface area contributed by atoms with E-state index < -0.39 is 16.1 Å². The van der Waals surface area contributed by atoms with Gasteiger partial charge in [0, 0.05) is 47.1 Å². The standard InChI is InChI=1S/C25H27N5O4S2/c1-16-5-12-23(35-16)36(33,34)28-25(32)27-18-6-9-20(10-7-18)30-15-17(14-29(3)4)22-13-19(26-2)8-11-21(22)24(30)31/h5-13,15,26H,14H2,1-4H3,(H2,27,28,32). The molecule has 0 saturated heterocycles. The Kier molecular flexibility index (Phi) is 7.16. The molecule has 0 fully saturated rings. The molecule has 0 aliphatic carbocycles. The lowest BCUT2D eigenvalue weighted by Gasteiger charge is -2.17. The molecule has 188 valence electrons. The normalized spacial score (nSPS) is 11.6. The minimum Gasteiger partial charge on any atom is -0.388 e. The summed E-state index contributed by atoms with van der Waals surface area (Å²) in [5.74, 6) is 0. The van der Waals surface area contributed by atoms with Crippen LogP contribution in [0.3, 0.4) is 0 Å². The molecule has 0 radical (unpaired) electrons. The number of hydrogen-bond donors (Lipinski definition) is 3. The smallest absolute Gasteiger partial charge is 0.333 e. The topological polar surface area (TPSA) is 113 Å². The molecule has 3 N–H and O–H groups in total. The lowest BCUT2D eigenvalue weighted by atomic mass is 10.1. The summed E-state index contributed by atoms with van der Waals surface area (Å²) in [5.41, 5.74) is 2.75. The summed E-state index contributed by atoms with van der Waals surface area (Å²) in [7, 11) is 1.82. The SMILES string of the molecule is CNc1ccc2c(=O)n(-c3ccc(NC(=O)NS(=O)(=O)c4ccc(C)s4)cc3)cc(CN(C)C)c2c1. The van der Waals surface area contributed by atoms with Crippen LogP contribution in [0.25, 0.3) is 16.5 Å². The molecule has 2 amide bonds. The summed E-state index contributed by atoms with van der Waals surface area (Å²) in [6.45, 7) is 2.43. The second-order valence-electron chi connectivity index (χ2n) is 8.55. The molecule has 4 aromatic rings. The zero-order chi connectivity index (χ0) is 26.0. The summed E-state index contributed by atoms with van der Waals surface area (Å²) in [6.07, 6.45) is 1.83. The van der Waals surface area contributed by atoms with Crippen molar-refractivity contribution < 1.29 is 13.2 Å². The van der Waals surface area contributed by atoms with E-state index in [9.17, 15) is 18.0 Å². The molecule has 0 aliphatic rings. The Balaban J connectivity index is 1.60. The van der Waals surface area contributed by atoms with E-state index in [0.717, 1.165) is 32.9 Å². The molecule has 4 rings (SSSR count). The lowest BCUT2D eigenvalue weighted by molar-refractivity contribution is 0.256. The maximum atomic E-state index is 13.3. The fourth-order valence-corrected chi connectivity index (χ4v) is 6.01. The molecule has 0 aliphatic heterocycles. The van der Waals surface area contributed by atoms with Crippen molar-refractivity contribution in [3.05, 3.63) is 81.6 Å². The first kappa shape index (κ1) is 25.4. The van der Waals surface area contributed by atoms with E-state index in [1.807, 2.05) is 55.2 Å². The number of fused-ring (bicyclic) bond motifs is 1. The average molecular weight is 526 g/mol. The van der Waals surface area contributed by atoms with Gasteiger partial charge in [0.1, 0.15) is 4.21 Å². The number of benzene rings is 2. The van der Waals surface area contributed by atoms with Crippen LogP contribution in [0.4, 0.5) is 16.2 Å². The van der Waals surface area contributed by atoms with Crippen LogP contribution in [0.5, 0.6) is 0 Å². The predicted octanol–water partition coefficient (Wildman–Crippen LogP) is 3.97. The zero-order valence-corrected chi connectivity index (χ0v) is 22.0. The fraction of sp³-hybridized carbons (Fsp3) is 0.200. The Bertz CT molecular complexity index is 1590.